The molecule has 1 unspecified atom stereocenters. The van der Waals surface area contributed by atoms with Crippen LogP contribution in [-0.2, 0) is 9.59 Å². The number of carbonyl (C=O) groups is 2. The number of hydrogen-bond donors (Lipinski definition) is 1. The molecule has 18 heavy (non-hydrogen) atoms. The first-order chi connectivity index (χ1) is 8.74. The maximum atomic E-state index is 12.3. The van der Waals surface area contributed by atoms with E-state index < -0.39 is 0 Å². The van der Waals surface area contributed by atoms with Crippen LogP contribution in [0.2, 0.25) is 0 Å². The van der Waals surface area contributed by atoms with Gasteiger partial charge in [0.05, 0.1) is 0 Å². The SMILES string of the molecule is O=C(NC1CCCC1)C1C[C@H]2CCC[C@@H](C1)C2=O. The summed E-state index contributed by atoms with van der Waals surface area (Å²) in [6, 6.07) is 0.412. The molecule has 0 saturated heterocycles. The van der Waals surface area contributed by atoms with E-state index in [0.717, 1.165) is 38.5 Å². The molecule has 1 amide bonds. The molecule has 3 aliphatic rings. The Bertz CT molecular complexity index is 330. The molecule has 1 N–H and O–H groups in total. The first-order valence-electron chi connectivity index (χ1n) is 7.58. The van der Waals surface area contributed by atoms with E-state index in [1.54, 1.807) is 0 Å². The standard InChI is InChI=1S/C15H23NO2/c17-14-10-4-3-5-11(14)9-12(8-10)15(18)16-13-6-1-2-7-13/h10-13H,1-9H2,(H,16,18)/t10-,11+,12?. The van der Waals surface area contributed by atoms with Crippen molar-refractivity contribution >= 4 is 11.7 Å². The van der Waals surface area contributed by atoms with E-state index in [0.29, 0.717) is 11.8 Å². The largest absolute Gasteiger partial charge is 0.353 e. The predicted octanol–water partition coefficient (Wildman–Crippen LogP) is 2.44. The van der Waals surface area contributed by atoms with Crippen LogP contribution in [0.25, 0.3) is 0 Å². The average Bonchev–Trinajstić information content (AvgIpc) is 2.81. The van der Waals surface area contributed by atoms with Crippen molar-refractivity contribution in [3.05, 3.63) is 0 Å². The summed E-state index contributed by atoms with van der Waals surface area (Å²) in [5.41, 5.74) is 0. The molecule has 3 nitrogen and oxygen atoms in total. The topological polar surface area (TPSA) is 46.2 Å². The normalized spacial score (nSPS) is 36.7. The van der Waals surface area contributed by atoms with Gasteiger partial charge in [0, 0.05) is 23.8 Å². The highest BCUT2D eigenvalue weighted by Crippen LogP contribution is 2.40. The maximum Gasteiger partial charge on any atom is 0.223 e. The van der Waals surface area contributed by atoms with Crippen LogP contribution in [0.5, 0.6) is 0 Å². The highest BCUT2D eigenvalue weighted by molar-refractivity contribution is 5.88. The molecule has 3 saturated carbocycles. The van der Waals surface area contributed by atoms with Gasteiger partial charge in [0.2, 0.25) is 5.91 Å². The van der Waals surface area contributed by atoms with E-state index >= 15 is 0 Å². The van der Waals surface area contributed by atoms with Crippen molar-refractivity contribution in [1.29, 1.82) is 0 Å². The van der Waals surface area contributed by atoms with Gasteiger partial charge < -0.3 is 5.32 Å². The number of amides is 1. The molecule has 0 aromatic rings. The van der Waals surface area contributed by atoms with Gasteiger partial charge in [-0.25, -0.2) is 0 Å². The molecule has 0 aromatic heterocycles. The van der Waals surface area contributed by atoms with Crippen molar-refractivity contribution in [2.45, 2.75) is 63.8 Å². The lowest BCUT2D eigenvalue weighted by molar-refractivity contribution is -0.137. The lowest BCUT2D eigenvalue weighted by atomic mass is 9.67. The molecule has 0 aliphatic heterocycles. The fourth-order valence-electron chi connectivity index (χ4n) is 4.08. The average molecular weight is 249 g/mol. The first kappa shape index (κ1) is 12.2. The van der Waals surface area contributed by atoms with Gasteiger partial charge in [-0.15, -0.1) is 0 Å². The third-order valence-electron chi connectivity index (χ3n) is 5.12. The second-order valence-corrected chi connectivity index (χ2v) is 6.39. The molecule has 3 aliphatic carbocycles. The fourth-order valence-corrected chi connectivity index (χ4v) is 4.08. The zero-order chi connectivity index (χ0) is 12.5. The Morgan fingerprint density at radius 2 is 1.56 bits per heavy atom. The molecule has 100 valence electrons. The van der Waals surface area contributed by atoms with Gasteiger partial charge in [0.1, 0.15) is 5.78 Å². The van der Waals surface area contributed by atoms with E-state index in [1.165, 1.54) is 19.3 Å². The van der Waals surface area contributed by atoms with E-state index in [1.807, 2.05) is 0 Å². The van der Waals surface area contributed by atoms with E-state index in [4.69, 9.17) is 0 Å². The van der Waals surface area contributed by atoms with E-state index in [9.17, 15) is 9.59 Å². The van der Waals surface area contributed by atoms with Gasteiger partial charge in [-0.05, 0) is 38.5 Å². The summed E-state index contributed by atoms with van der Waals surface area (Å²) >= 11 is 0. The molecule has 3 rings (SSSR count). The van der Waals surface area contributed by atoms with Crippen molar-refractivity contribution < 1.29 is 9.59 Å². The van der Waals surface area contributed by atoms with Gasteiger partial charge in [0.25, 0.3) is 0 Å². The van der Waals surface area contributed by atoms with Crippen molar-refractivity contribution in [1.82, 2.24) is 5.32 Å². The molecule has 3 fully saturated rings. The Kier molecular flexibility index (Phi) is 3.40. The predicted molar refractivity (Wildman–Crippen MR) is 69.0 cm³/mol. The van der Waals surface area contributed by atoms with Crippen molar-refractivity contribution in [2.24, 2.45) is 17.8 Å². The number of hydrogen-bond acceptors (Lipinski definition) is 2. The Balaban J connectivity index is 1.59. The van der Waals surface area contributed by atoms with Gasteiger partial charge in [-0.3, -0.25) is 9.59 Å². The van der Waals surface area contributed by atoms with Gasteiger partial charge in [-0.2, -0.15) is 0 Å². The zero-order valence-corrected chi connectivity index (χ0v) is 11.0. The number of nitrogens with one attached hydrogen (secondary N) is 1. The summed E-state index contributed by atoms with van der Waals surface area (Å²) in [5.74, 6) is 1.17. The van der Waals surface area contributed by atoms with Crippen molar-refractivity contribution in [3.8, 4) is 0 Å². The van der Waals surface area contributed by atoms with Crippen LogP contribution in [0.1, 0.15) is 57.8 Å². The highest BCUT2D eigenvalue weighted by atomic mass is 16.2. The third-order valence-corrected chi connectivity index (χ3v) is 5.12. The minimum atomic E-state index is 0.110. The van der Waals surface area contributed by atoms with Crippen LogP contribution < -0.4 is 5.32 Å². The second-order valence-electron chi connectivity index (χ2n) is 6.39. The monoisotopic (exact) mass is 249 g/mol. The van der Waals surface area contributed by atoms with Crippen LogP contribution in [0.15, 0.2) is 0 Å². The highest BCUT2D eigenvalue weighted by Gasteiger charge is 2.41. The summed E-state index contributed by atoms with van der Waals surface area (Å²) in [6.45, 7) is 0. The minimum absolute atomic E-state index is 0.110. The molecule has 0 aromatic carbocycles. The van der Waals surface area contributed by atoms with Crippen molar-refractivity contribution in [3.63, 3.8) is 0 Å². The Hall–Kier alpha value is -0.860. The second kappa shape index (κ2) is 5.02. The van der Waals surface area contributed by atoms with Crippen molar-refractivity contribution in [2.75, 3.05) is 0 Å². The minimum Gasteiger partial charge on any atom is -0.353 e. The van der Waals surface area contributed by atoms with Crippen LogP contribution in [0.4, 0.5) is 0 Å². The number of carbonyl (C=O) groups excluding carboxylic acids is 2. The molecule has 3 atom stereocenters. The molecule has 3 heteroatoms. The van der Waals surface area contributed by atoms with E-state index in [-0.39, 0.29) is 23.7 Å². The molecule has 0 spiro atoms. The molecule has 0 radical (unpaired) electrons. The van der Waals surface area contributed by atoms with Gasteiger partial charge in [-0.1, -0.05) is 19.3 Å². The van der Waals surface area contributed by atoms with Crippen LogP contribution in [0, 0.1) is 17.8 Å². The molecule has 0 heterocycles. The Morgan fingerprint density at radius 3 is 2.17 bits per heavy atom. The molecule has 2 bridgehead atoms. The summed E-state index contributed by atoms with van der Waals surface area (Å²) < 4.78 is 0. The zero-order valence-electron chi connectivity index (χ0n) is 11.0. The number of rotatable bonds is 2. The smallest absolute Gasteiger partial charge is 0.223 e. The fraction of sp³-hybridized carbons (Fsp3) is 0.867. The molecular weight excluding hydrogens is 226 g/mol. The third kappa shape index (κ3) is 2.32. The number of Topliss-reactive ketones (excluding diaryl/α,β-unsaturated/α-hetero) is 1. The maximum absolute atomic E-state index is 12.3. The summed E-state index contributed by atoms with van der Waals surface area (Å²) in [5, 5.41) is 3.20. The number of ketones is 1. The lowest BCUT2D eigenvalue weighted by Gasteiger charge is -2.37. The Morgan fingerprint density at radius 1 is 0.944 bits per heavy atom. The van der Waals surface area contributed by atoms with Crippen LogP contribution in [-0.4, -0.2) is 17.7 Å². The molecular formula is C15H23NO2. The van der Waals surface area contributed by atoms with Crippen LogP contribution >= 0.6 is 0 Å². The van der Waals surface area contributed by atoms with Gasteiger partial charge in [0.15, 0.2) is 0 Å². The summed E-state index contributed by atoms with van der Waals surface area (Å²) in [7, 11) is 0. The Labute approximate surface area is 109 Å². The quantitative estimate of drug-likeness (QED) is 0.817. The van der Waals surface area contributed by atoms with E-state index in [2.05, 4.69) is 5.32 Å². The summed E-state index contributed by atoms with van der Waals surface area (Å²) in [6.07, 6.45) is 9.62. The number of fused-ring (bicyclic) bond motifs is 2. The first-order valence-corrected chi connectivity index (χ1v) is 7.58. The van der Waals surface area contributed by atoms with Crippen LogP contribution in [0.3, 0.4) is 0 Å². The summed E-state index contributed by atoms with van der Waals surface area (Å²) in [4.78, 5) is 24.3. The van der Waals surface area contributed by atoms with Gasteiger partial charge >= 0.3 is 0 Å². The lowest BCUT2D eigenvalue weighted by Crippen LogP contribution is -2.44.